The molecule has 176 valence electrons. The minimum atomic E-state index is -4.59. The smallest absolute Gasteiger partial charge is 0.237 e. The van der Waals surface area contributed by atoms with E-state index in [1.165, 1.54) is 75.2 Å². The molecule has 0 radical (unpaired) electrons. The van der Waals surface area contributed by atoms with Gasteiger partial charge in [-0.2, -0.15) is 29.4 Å². The number of rotatable bonds is 18. The molecule has 0 atom stereocenters. The Morgan fingerprint density at radius 2 is 1.13 bits per heavy atom. The Morgan fingerprint density at radius 3 is 1.57 bits per heavy atom. The van der Waals surface area contributed by atoms with Gasteiger partial charge in [0.25, 0.3) is 0 Å². The minimum absolute atomic E-state index is 0.292. The van der Waals surface area contributed by atoms with E-state index in [1.54, 1.807) is 18.7 Å². The molecular weight excluding hydrogens is 426 g/mol. The third-order valence-corrected chi connectivity index (χ3v) is 9.23. The zero-order valence-electron chi connectivity index (χ0n) is 18.4. The molecule has 0 aliphatic rings. The normalized spacial score (nSPS) is 12.8. The Kier molecular flexibility index (Phi) is 13.8. The molecule has 0 bridgehead atoms. The monoisotopic (exact) mass is 469 g/mol. The second kappa shape index (κ2) is 14.8. The number of hydrogen-bond acceptors (Lipinski definition) is 6. The minimum Gasteiger partial charge on any atom is -0.237 e. The molecule has 0 aliphatic carbocycles. The van der Waals surface area contributed by atoms with Gasteiger partial charge in [-0.3, -0.25) is 0 Å². The van der Waals surface area contributed by atoms with Crippen molar-refractivity contribution in [2.24, 2.45) is 0 Å². The van der Waals surface area contributed by atoms with Gasteiger partial charge in [0.05, 0.1) is 6.54 Å². The fourth-order valence-electron chi connectivity index (χ4n) is 3.61. The number of unbranched alkanes of at least 4 members (excludes halogenated alkanes) is 12. The molecule has 0 unspecified atom stereocenters. The summed E-state index contributed by atoms with van der Waals surface area (Å²) in [5.41, 5.74) is 0. The molecule has 30 heavy (non-hydrogen) atoms. The Balaban J connectivity index is 2.12. The fourth-order valence-corrected chi connectivity index (χ4v) is 6.08. The largest absolute Gasteiger partial charge is 0.459 e. The topological polar surface area (TPSA) is 130 Å². The van der Waals surface area contributed by atoms with Gasteiger partial charge in [-0.25, -0.2) is 9.13 Å². The molecule has 0 fully saturated rings. The summed E-state index contributed by atoms with van der Waals surface area (Å²) in [6.07, 6.45) is 22.0. The lowest BCUT2D eigenvalue weighted by molar-refractivity contribution is -0.694. The molecule has 1 rings (SSSR count). The third kappa shape index (κ3) is 12.6. The quantitative estimate of drug-likeness (QED) is 0.111. The number of hydrogen-bond donors (Lipinski definition) is 6. The van der Waals surface area contributed by atoms with Crippen molar-refractivity contribution >= 4 is 15.9 Å². The van der Waals surface area contributed by atoms with Crippen molar-refractivity contribution in [3.8, 4) is 0 Å². The third-order valence-electron chi connectivity index (χ3n) is 5.44. The first kappa shape index (κ1) is 27.9. The molecule has 0 saturated heterocycles. The highest BCUT2D eigenvalue weighted by Gasteiger charge is 2.65. The maximum Gasteiger partial charge on any atom is 0.459 e. The van der Waals surface area contributed by atoms with Crippen molar-refractivity contribution in [2.45, 2.75) is 109 Å². The highest BCUT2D eigenvalue weighted by atomic mass is 31.3. The van der Waals surface area contributed by atoms with Gasteiger partial charge in [0.1, 0.15) is 12.4 Å². The van der Waals surface area contributed by atoms with Crippen LogP contribution in [0.15, 0.2) is 18.7 Å². The molecule has 10 heteroatoms. The lowest BCUT2D eigenvalue weighted by Gasteiger charge is -2.15. The molecule has 0 aromatic carbocycles. The van der Waals surface area contributed by atoms with Crippen molar-refractivity contribution in [1.82, 2.24) is 4.57 Å². The van der Waals surface area contributed by atoms with Crippen LogP contribution in [0, 0.1) is 0 Å². The van der Waals surface area contributed by atoms with Crippen molar-refractivity contribution in [3.63, 3.8) is 0 Å². The maximum absolute atomic E-state index is 9.37. The molecule has 8 nitrogen and oxygen atoms in total. The number of aromatic nitrogens is 2. The molecule has 1 heterocycles. The van der Waals surface area contributed by atoms with E-state index in [9.17, 15) is 29.4 Å². The molecule has 0 saturated carbocycles. The average Bonchev–Trinajstić information content (AvgIpc) is 3.09. The van der Waals surface area contributed by atoms with Crippen molar-refractivity contribution in [1.29, 1.82) is 0 Å². The van der Waals surface area contributed by atoms with Crippen LogP contribution in [0.1, 0.15) is 90.4 Å². The Bertz CT molecular complexity index is 546. The van der Waals surface area contributed by atoms with E-state index >= 15 is 0 Å². The van der Waals surface area contributed by atoms with E-state index < -0.39 is 21.3 Å². The van der Waals surface area contributed by atoms with Gasteiger partial charge in [0.15, 0.2) is 6.54 Å². The molecular formula is C20H43N2O6P2+3. The van der Waals surface area contributed by atoms with Crippen LogP contribution >= 0.6 is 15.9 Å². The van der Waals surface area contributed by atoms with Gasteiger partial charge < -0.3 is 0 Å². The van der Waals surface area contributed by atoms with Gasteiger partial charge in [0.2, 0.25) is 6.33 Å². The lowest BCUT2D eigenvalue weighted by atomic mass is 10.0. The Morgan fingerprint density at radius 1 is 0.700 bits per heavy atom. The van der Waals surface area contributed by atoms with Crippen LogP contribution in [-0.4, -0.2) is 39.3 Å². The second-order valence-electron chi connectivity index (χ2n) is 8.30. The summed E-state index contributed by atoms with van der Waals surface area (Å²) in [5, 5.41) is -1.79. The highest BCUT2D eigenvalue weighted by Crippen LogP contribution is 2.69. The number of imidazole rings is 1. The summed E-state index contributed by atoms with van der Waals surface area (Å²) in [6.45, 7) is 2.77. The predicted octanol–water partition coefficient (Wildman–Crippen LogP) is 3.67. The van der Waals surface area contributed by atoms with E-state index in [1.807, 2.05) is 4.57 Å². The van der Waals surface area contributed by atoms with E-state index in [4.69, 9.17) is 0 Å². The van der Waals surface area contributed by atoms with Crippen LogP contribution in [0.5, 0.6) is 0 Å². The standard InChI is InChI=1S/C20H43N2O6P2/c1-2-3-4-5-6-7-8-9-10-11-12-13-14-15-21-16-17-22(19-21)18-20(29(23,24)25)30(26,27)28/h16-17,19-20,23-28H,2-15,18H2,1H3/q+3. The highest BCUT2D eigenvalue weighted by molar-refractivity contribution is 7.77. The molecule has 1 aromatic heterocycles. The molecule has 0 spiro atoms. The molecule has 0 amide bonds. The Hall–Kier alpha value is -0.170. The van der Waals surface area contributed by atoms with E-state index in [-0.39, 0.29) is 6.54 Å². The van der Waals surface area contributed by atoms with Gasteiger partial charge in [-0.15, -0.1) is 0 Å². The lowest BCUT2D eigenvalue weighted by Crippen LogP contribution is -2.39. The maximum atomic E-state index is 9.37. The van der Waals surface area contributed by atoms with Crippen LogP contribution in [0.25, 0.3) is 0 Å². The van der Waals surface area contributed by atoms with Gasteiger partial charge in [-0.1, -0.05) is 77.6 Å². The van der Waals surface area contributed by atoms with E-state index in [0.717, 1.165) is 19.4 Å². The van der Waals surface area contributed by atoms with Crippen LogP contribution in [0.3, 0.4) is 0 Å². The molecule has 0 aliphatic heterocycles. The van der Waals surface area contributed by atoms with Crippen LogP contribution in [0.4, 0.5) is 0 Å². The zero-order chi connectivity index (χ0) is 22.5. The summed E-state index contributed by atoms with van der Waals surface area (Å²) >= 11 is 0. The van der Waals surface area contributed by atoms with Gasteiger partial charge in [-0.05, 0) is 12.8 Å². The molecule has 1 aromatic rings. The van der Waals surface area contributed by atoms with Gasteiger partial charge in [0, 0.05) is 0 Å². The fraction of sp³-hybridized carbons (Fsp3) is 0.850. The first-order valence-electron chi connectivity index (χ1n) is 11.3. The summed E-state index contributed by atoms with van der Waals surface area (Å²) in [7, 11) is -9.17. The van der Waals surface area contributed by atoms with Crippen molar-refractivity contribution in [3.05, 3.63) is 18.7 Å². The van der Waals surface area contributed by atoms with E-state index in [2.05, 4.69) is 6.92 Å². The van der Waals surface area contributed by atoms with Crippen LogP contribution in [-0.2, 0) is 13.1 Å². The summed E-state index contributed by atoms with van der Waals surface area (Å²) in [6, 6.07) is 0. The summed E-state index contributed by atoms with van der Waals surface area (Å²) < 4.78 is 3.43. The number of aryl methyl sites for hydroxylation is 1. The Labute approximate surface area is 182 Å². The van der Waals surface area contributed by atoms with E-state index in [0.29, 0.717) is 0 Å². The van der Waals surface area contributed by atoms with Crippen molar-refractivity contribution in [2.75, 3.05) is 0 Å². The van der Waals surface area contributed by atoms with Gasteiger partial charge >= 0.3 is 21.3 Å². The first-order valence-corrected chi connectivity index (χ1v) is 14.8. The van der Waals surface area contributed by atoms with Crippen LogP contribution in [0.2, 0.25) is 0 Å². The summed E-state index contributed by atoms with van der Waals surface area (Å²) in [4.78, 5) is 56.2. The SMILES string of the molecule is CCCCCCCCCCCCCCCn1cc[n+](CC([P+](O)(O)O)[P+](O)(O)O)c1. The first-order chi connectivity index (χ1) is 14.1. The second-order valence-corrected chi connectivity index (χ2v) is 12.4. The van der Waals surface area contributed by atoms with Crippen molar-refractivity contribution < 1.29 is 33.9 Å². The molecule has 6 N–H and O–H groups in total. The van der Waals surface area contributed by atoms with Crippen LogP contribution < -0.4 is 4.57 Å². The average molecular weight is 470 g/mol. The zero-order valence-corrected chi connectivity index (χ0v) is 20.2. The number of nitrogens with zero attached hydrogens (tertiary/aromatic N) is 2. The summed E-state index contributed by atoms with van der Waals surface area (Å²) in [5.74, 6) is 0. The predicted molar refractivity (Wildman–Crippen MR) is 121 cm³/mol.